The number of nitro groups is 1. The zero-order valence-corrected chi connectivity index (χ0v) is 11.6. The molecule has 0 aliphatic carbocycles. The largest absolute Gasteiger partial charge is 0.324 e. The molecule has 19 heavy (non-hydrogen) atoms. The van der Waals surface area contributed by atoms with Gasteiger partial charge < -0.3 is 0 Å². The molecule has 0 spiro atoms. The topological polar surface area (TPSA) is 80.5 Å². The van der Waals surface area contributed by atoms with Gasteiger partial charge in [0.2, 0.25) is 15.8 Å². The van der Waals surface area contributed by atoms with Gasteiger partial charge in [0.15, 0.2) is 4.90 Å². The summed E-state index contributed by atoms with van der Waals surface area (Å²) in [6.07, 6.45) is 0. The fourth-order valence-corrected chi connectivity index (χ4v) is 3.63. The highest BCUT2D eigenvalue weighted by molar-refractivity contribution is 7.89. The van der Waals surface area contributed by atoms with Gasteiger partial charge in [-0.05, 0) is 26.0 Å². The van der Waals surface area contributed by atoms with E-state index in [1.165, 1.54) is 0 Å². The van der Waals surface area contributed by atoms with Crippen LogP contribution in [0.4, 0.5) is 10.1 Å². The Hall–Kier alpha value is -1.54. The Morgan fingerprint density at radius 2 is 2.00 bits per heavy atom. The summed E-state index contributed by atoms with van der Waals surface area (Å²) in [6.45, 7) is 5.05. The molecular weight excluding hydrogens is 275 g/mol. The third-order valence-corrected chi connectivity index (χ3v) is 4.79. The Morgan fingerprint density at radius 3 is 2.42 bits per heavy atom. The van der Waals surface area contributed by atoms with E-state index >= 15 is 0 Å². The van der Waals surface area contributed by atoms with E-state index in [1.54, 1.807) is 20.8 Å². The van der Waals surface area contributed by atoms with Crippen LogP contribution in [0.3, 0.4) is 0 Å². The van der Waals surface area contributed by atoms with Crippen LogP contribution in [0.5, 0.6) is 0 Å². The molecule has 0 bridgehead atoms. The minimum Gasteiger partial charge on any atom is -0.258 e. The van der Waals surface area contributed by atoms with Crippen molar-refractivity contribution in [2.75, 3.05) is 6.54 Å². The summed E-state index contributed by atoms with van der Waals surface area (Å²) in [5.41, 5.74) is -1.01. The van der Waals surface area contributed by atoms with Crippen LogP contribution in [-0.2, 0) is 10.0 Å². The van der Waals surface area contributed by atoms with E-state index in [1.807, 2.05) is 0 Å². The number of benzene rings is 1. The number of halogens is 1. The average molecular weight is 290 g/mol. The molecule has 0 aromatic heterocycles. The van der Waals surface area contributed by atoms with Crippen LogP contribution in [0.25, 0.3) is 0 Å². The van der Waals surface area contributed by atoms with E-state index in [9.17, 15) is 22.9 Å². The number of sulfonamides is 1. The second-order valence-corrected chi connectivity index (χ2v) is 6.00. The predicted molar refractivity (Wildman–Crippen MR) is 67.8 cm³/mol. The highest BCUT2D eigenvalue weighted by Crippen LogP contribution is 2.29. The molecule has 106 valence electrons. The SMILES string of the molecule is CCN(C(C)C)S(=O)(=O)c1cccc(F)c1[N+](=O)[O-]. The lowest BCUT2D eigenvalue weighted by Gasteiger charge is -2.24. The van der Waals surface area contributed by atoms with Crippen LogP contribution in [0, 0.1) is 15.9 Å². The smallest absolute Gasteiger partial charge is 0.258 e. The fourth-order valence-electron chi connectivity index (χ4n) is 1.82. The number of rotatable bonds is 5. The van der Waals surface area contributed by atoms with Crippen LogP contribution >= 0.6 is 0 Å². The maximum Gasteiger partial charge on any atom is 0.324 e. The molecule has 0 fully saturated rings. The Morgan fingerprint density at radius 1 is 1.42 bits per heavy atom. The quantitative estimate of drug-likeness (QED) is 0.614. The van der Waals surface area contributed by atoms with Crippen LogP contribution in [0.2, 0.25) is 0 Å². The lowest BCUT2D eigenvalue weighted by molar-refractivity contribution is -0.390. The summed E-state index contributed by atoms with van der Waals surface area (Å²) in [5.74, 6) is -1.16. The van der Waals surface area contributed by atoms with E-state index < -0.39 is 31.3 Å². The molecule has 0 N–H and O–H groups in total. The van der Waals surface area contributed by atoms with Crippen molar-refractivity contribution in [3.05, 3.63) is 34.1 Å². The minimum absolute atomic E-state index is 0.146. The lowest BCUT2D eigenvalue weighted by Crippen LogP contribution is -2.37. The molecule has 0 amide bonds. The molecule has 0 radical (unpaired) electrons. The van der Waals surface area contributed by atoms with Crippen molar-refractivity contribution in [1.29, 1.82) is 0 Å². The zero-order valence-electron chi connectivity index (χ0n) is 10.8. The van der Waals surface area contributed by atoms with Gasteiger partial charge in [-0.2, -0.15) is 8.70 Å². The summed E-state index contributed by atoms with van der Waals surface area (Å²) < 4.78 is 39.2. The average Bonchev–Trinajstić information content (AvgIpc) is 2.27. The molecule has 1 aromatic rings. The molecule has 0 saturated carbocycles. The van der Waals surface area contributed by atoms with Crippen molar-refractivity contribution in [1.82, 2.24) is 4.31 Å². The van der Waals surface area contributed by atoms with Gasteiger partial charge >= 0.3 is 5.69 Å². The van der Waals surface area contributed by atoms with E-state index in [0.717, 1.165) is 22.5 Å². The van der Waals surface area contributed by atoms with Crippen LogP contribution in [-0.4, -0.2) is 30.2 Å². The third kappa shape index (κ3) is 2.90. The third-order valence-electron chi connectivity index (χ3n) is 2.61. The Kier molecular flexibility index (Phi) is 4.59. The van der Waals surface area contributed by atoms with Crippen molar-refractivity contribution >= 4 is 15.7 Å². The van der Waals surface area contributed by atoms with Crippen LogP contribution in [0.1, 0.15) is 20.8 Å². The zero-order chi connectivity index (χ0) is 14.8. The summed E-state index contributed by atoms with van der Waals surface area (Å²) in [4.78, 5) is 9.22. The first-order valence-corrected chi connectivity index (χ1v) is 7.12. The van der Waals surface area contributed by atoms with E-state index in [-0.39, 0.29) is 12.6 Å². The standard InChI is InChI=1S/C11H15FN2O4S/c1-4-13(8(2)3)19(17,18)10-7-5-6-9(12)11(10)14(15)16/h5-8H,4H2,1-3H3. The molecular formula is C11H15FN2O4S. The number of hydrogen-bond donors (Lipinski definition) is 0. The minimum atomic E-state index is -4.10. The Bertz CT molecular complexity index is 586. The number of para-hydroxylation sites is 1. The fraction of sp³-hybridized carbons (Fsp3) is 0.455. The summed E-state index contributed by atoms with van der Waals surface area (Å²) in [5, 5.41) is 10.9. The number of nitro benzene ring substituents is 1. The number of hydrogen-bond acceptors (Lipinski definition) is 4. The Labute approximate surface area is 111 Å². The van der Waals surface area contributed by atoms with Gasteiger partial charge in [0, 0.05) is 12.6 Å². The molecule has 0 heterocycles. The van der Waals surface area contributed by atoms with Gasteiger partial charge in [0.25, 0.3) is 0 Å². The lowest BCUT2D eigenvalue weighted by atomic mass is 10.3. The van der Waals surface area contributed by atoms with Gasteiger partial charge in [-0.25, -0.2) is 8.42 Å². The summed E-state index contributed by atoms with van der Waals surface area (Å²) in [6, 6.07) is 2.67. The van der Waals surface area contributed by atoms with E-state index in [2.05, 4.69) is 0 Å². The first kappa shape index (κ1) is 15.5. The normalized spacial score (nSPS) is 12.1. The monoisotopic (exact) mass is 290 g/mol. The molecule has 0 aliphatic rings. The molecule has 8 heteroatoms. The highest BCUT2D eigenvalue weighted by Gasteiger charge is 2.34. The Balaban J connectivity index is 3.54. The van der Waals surface area contributed by atoms with E-state index in [0.29, 0.717) is 0 Å². The van der Waals surface area contributed by atoms with Crippen molar-refractivity contribution in [3.63, 3.8) is 0 Å². The second-order valence-electron chi connectivity index (χ2n) is 4.15. The molecule has 0 aliphatic heterocycles. The first-order valence-electron chi connectivity index (χ1n) is 5.68. The maximum absolute atomic E-state index is 13.5. The highest BCUT2D eigenvalue weighted by atomic mass is 32.2. The van der Waals surface area contributed by atoms with Gasteiger partial charge in [-0.3, -0.25) is 10.1 Å². The predicted octanol–water partition coefficient (Wildman–Crippen LogP) is 2.15. The second kappa shape index (κ2) is 5.62. The molecule has 0 saturated heterocycles. The van der Waals surface area contributed by atoms with Crippen LogP contribution < -0.4 is 0 Å². The summed E-state index contributed by atoms with van der Waals surface area (Å²) >= 11 is 0. The van der Waals surface area contributed by atoms with Gasteiger partial charge in [-0.1, -0.05) is 13.0 Å². The molecule has 0 atom stereocenters. The molecule has 0 unspecified atom stereocenters. The summed E-state index contributed by atoms with van der Waals surface area (Å²) in [7, 11) is -4.10. The van der Waals surface area contributed by atoms with Crippen LogP contribution in [0.15, 0.2) is 23.1 Å². The maximum atomic E-state index is 13.5. The van der Waals surface area contributed by atoms with Crippen molar-refractivity contribution in [3.8, 4) is 0 Å². The molecule has 1 rings (SSSR count). The number of nitrogens with zero attached hydrogens (tertiary/aromatic N) is 2. The van der Waals surface area contributed by atoms with Gasteiger partial charge in [0.05, 0.1) is 4.92 Å². The molecule has 1 aromatic carbocycles. The van der Waals surface area contributed by atoms with Gasteiger partial charge in [0.1, 0.15) is 0 Å². The van der Waals surface area contributed by atoms with Crippen molar-refractivity contribution in [2.45, 2.75) is 31.7 Å². The van der Waals surface area contributed by atoms with Gasteiger partial charge in [-0.15, -0.1) is 0 Å². The first-order chi connectivity index (χ1) is 8.73. The molecule has 6 nitrogen and oxygen atoms in total. The van der Waals surface area contributed by atoms with Crippen molar-refractivity contribution in [2.24, 2.45) is 0 Å². The van der Waals surface area contributed by atoms with E-state index in [4.69, 9.17) is 0 Å². The van der Waals surface area contributed by atoms with Crippen molar-refractivity contribution < 1.29 is 17.7 Å².